The normalized spacial score (nSPS) is 14.8. The fourth-order valence-corrected chi connectivity index (χ4v) is 3.96. The van der Waals surface area contributed by atoms with E-state index in [2.05, 4.69) is 20.4 Å². The molecule has 0 aromatic heterocycles. The molecule has 3 atom stereocenters. The minimum atomic E-state index is -4.53. The van der Waals surface area contributed by atoms with Gasteiger partial charge in [0.25, 0.3) is 7.82 Å². The third kappa shape index (κ3) is 20.9. The summed E-state index contributed by atoms with van der Waals surface area (Å²) in [6, 6.07) is 0. The Morgan fingerprint density at radius 2 is 1.38 bits per heavy atom. The van der Waals surface area contributed by atoms with Gasteiger partial charge < -0.3 is 23.8 Å². The number of esters is 1. The SMILES string of the molecule is C=C(C)C(=O)OCC(O)COP(=O)([O-])OCC(CCCCCC)CCCCCCCC.[Na+]. The first-order chi connectivity index (χ1) is 14.7. The number of carbonyl (C=O) groups is 1. The molecule has 0 saturated carbocycles. The van der Waals surface area contributed by atoms with Crippen molar-refractivity contribution < 1.29 is 62.7 Å². The van der Waals surface area contributed by atoms with Crippen LogP contribution in [0.2, 0.25) is 0 Å². The largest absolute Gasteiger partial charge is 1.00 e. The summed E-state index contributed by atoms with van der Waals surface area (Å²) in [6.45, 7) is 8.47. The van der Waals surface area contributed by atoms with Gasteiger partial charge in [-0.1, -0.05) is 84.6 Å². The fraction of sp³-hybridized carbons (Fsp3) is 0.870. The van der Waals surface area contributed by atoms with Crippen LogP contribution in [0.25, 0.3) is 0 Å². The van der Waals surface area contributed by atoms with Crippen LogP contribution in [0.5, 0.6) is 0 Å². The number of rotatable bonds is 21. The van der Waals surface area contributed by atoms with Gasteiger partial charge in [-0.2, -0.15) is 0 Å². The Hall–Kier alpha value is 0.280. The second kappa shape index (κ2) is 21.8. The Morgan fingerprint density at radius 1 is 0.906 bits per heavy atom. The number of aliphatic hydroxyl groups excluding tert-OH is 1. The van der Waals surface area contributed by atoms with Gasteiger partial charge in [-0.15, -0.1) is 0 Å². The Bertz CT molecular complexity index is 530. The van der Waals surface area contributed by atoms with E-state index in [1.54, 1.807) is 0 Å². The third-order valence-electron chi connectivity index (χ3n) is 5.08. The van der Waals surface area contributed by atoms with Crippen molar-refractivity contribution in [2.75, 3.05) is 19.8 Å². The Balaban J connectivity index is 0. The topological polar surface area (TPSA) is 105 Å². The van der Waals surface area contributed by atoms with E-state index >= 15 is 0 Å². The van der Waals surface area contributed by atoms with E-state index in [-0.39, 0.29) is 54.3 Å². The van der Waals surface area contributed by atoms with Gasteiger partial charge in [-0.05, 0) is 25.7 Å². The quantitative estimate of drug-likeness (QED) is 0.0873. The summed E-state index contributed by atoms with van der Waals surface area (Å²) >= 11 is 0. The van der Waals surface area contributed by atoms with E-state index in [9.17, 15) is 19.4 Å². The van der Waals surface area contributed by atoms with Gasteiger partial charge in [0.2, 0.25) is 0 Å². The van der Waals surface area contributed by atoms with Crippen molar-refractivity contribution in [3.63, 3.8) is 0 Å². The summed E-state index contributed by atoms with van der Waals surface area (Å²) in [6.07, 6.45) is 12.3. The zero-order valence-corrected chi connectivity index (χ0v) is 23.7. The molecule has 9 heteroatoms. The minimum Gasteiger partial charge on any atom is -0.756 e. The molecule has 0 spiro atoms. The number of carbonyl (C=O) groups excluding carboxylic acids is 1. The maximum absolute atomic E-state index is 12.1. The van der Waals surface area contributed by atoms with Crippen LogP contribution in [-0.4, -0.2) is 37.0 Å². The van der Waals surface area contributed by atoms with Crippen molar-refractivity contribution in [2.24, 2.45) is 5.92 Å². The van der Waals surface area contributed by atoms with Crippen molar-refractivity contribution >= 4 is 13.8 Å². The molecule has 1 N–H and O–H groups in total. The van der Waals surface area contributed by atoms with Crippen LogP contribution >= 0.6 is 7.82 Å². The third-order valence-corrected chi connectivity index (χ3v) is 6.01. The van der Waals surface area contributed by atoms with Gasteiger partial charge >= 0.3 is 35.5 Å². The number of unbranched alkanes of at least 4 members (excludes halogenated alkanes) is 8. The van der Waals surface area contributed by atoms with Crippen LogP contribution in [0.1, 0.15) is 97.8 Å². The maximum Gasteiger partial charge on any atom is 1.00 e. The number of hydrogen-bond acceptors (Lipinski definition) is 7. The van der Waals surface area contributed by atoms with Gasteiger partial charge in [0.1, 0.15) is 12.7 Å². The smallest absolute Gasteiger partial charge is 0.756 e. The number of hydrogen-bond donors (Lipinski definition) is 1. The Kier molecular flexibility index (Phi) is 23.5. The molecule has 0 amide bonds. The zero-order chi connectivity index (χ0) is 23.5. The van der Waals surface area contributed by atoms with E-state index in [1.807, 2.05) is 0 Å². The monoisotopic (exact) mass is 486 g/mol. The Labute approximate surface area is 217 Å². The molecule has 0 radical (unpaired) electrons. The summed E-state index contributed by atoms with van der Waals surface area (Å²) in [7, 11) is -4.53. The molecule has 7 nitrogen and oxygen atoms in total. The van der Waals surface area contributed by atoms with Crippen molar-refractivity contribution in [3.05, 3.63) is 12.2 Å². The van der Waals surface area contributed by atoms with E-state index in [0.29, 0.717) is 0 Å². The first-order valence-corrected chi connectivity index (χ1v) is 13.3. The van der Waals surface area contributed by atoms with Crippen molar-refractivity contribution in [3.8, 4) is 0 Å². The molecule has 0 aromatic carbocycles. The molecule has 184 valence electrons. The predicted octanol–water partition coefficient (Wildman–Crippen LogP) is 2.31. The predicted molar refractivity (Wildman–Crippen MR) is 122 cm³/mol. The molecule has 0 aliphatic carbocycles. The van der Waals surface area contributed by atoms with Crippen LogP contribution in [-0.2, 0) is 23.1 Å². The van der Waals surface area contributed by atoms with E-state index in [0.717, 1.165) is 44.9 Å². The van der Waals surface area contributed by atoms with Crippen molar-refractivity contribution in [1.82, 2.24) is 0 Å². The van der Waals surface area contributed by atoms with Crippen LogP contribution in [0.15, 0.2) is 12.2 Å². The summed E-state index contributed by atoms with van der Waals surface area (Å²) in [4.78, 5) is 23.4. The molecule has 3 unspecified atom stereocenters. The van der Waals surface area contributed by atoms with Crippen LogP contribution in [0, 0.1) is 5.92 Å². The van der Waals surface area contributed by atoms with Crippen molar-refractivity contribution in [1.29, 1.82) is 0 Å². The van der Waals surface area contributed by atoms with Gasteiger partial charge in [0.05, 0.1) is 13.2 Å². The average Bonchev–Trinajstić information content (AvgIpc) is 2.73. The second-order valence-electron chi connectivity index (χ2n) is 8.34. The molecule has 0 aliphatic heterocycles. The van der Waals surface area contributed by atoms with Crippen LogP contribution < -0.4 is 34.5 Å². The summed E-state index contributed by atoms with van der Waals surface area (Å²) in [5.74, 6) is -0.475. The van der Waals surface area contributed by atoms with Crippen LogP contribution in [0.3, 0.4) is 0 Å². The van der Waals surface area contributed by atoms with Gasteiger partial charge in [-0.3, -0.25) is 4.57 Å². The van der Waals surface area contributed by atoms with Crippen LogP contribution in [0.4, 0.5) is 0 Å². The standard InChI is InChI=1S/C23H45O7P.Na/c1-5-7-9-11-12-14-16-21(15-13-10-8-6-2)17-29-31(26,27)30-19-22(24)18-28-23(25)20(3)4;/h21-22,24H,3,5-19H2,1-2,4H3,(H,26,27);/q;+1/p-1. The Morgan fingerprint density at radius 3 is 1.91 bits per heavy atom. The minimum absolute atomic E-state index is 0. The van der Waals surface area contributed by atoms with Crippen molar-refractivity contribution in [2.45, 2.75) is 104 Å². The summed E-state index contributed by atoms with van der Waals surface area (Å²) in [5, 5.41) is 9.74. The van der Waals surface area contributed by atoms with E-state index < -0.39 is 26.5 Å². The zero-order valence-electron chi connectivity index (χ0n) is 20.8. The van der Waals surface area contributed by atoms with Gasteiger partial charge in [-0.25, -0.2) is 4.79 Å². The number of aliphatic hydroxyl groups is 1. The molecule has 32 heavy (non-hydrogen) atoms. The molecule has 0 heterocycles. The molecule has 0 bridgehead atoms. The van der Waals surface area contributed by atoms with Gasteiger partial charge in [0, 0.05) is 5.57 Å². The molecule has 0 aromatic rings. The molecule has 0 aliphatic rings. The second-order valence-corrected chi connectivity index (χ2v) is 9.75. The fourth-order valence-electron chi connectivity index (χ4n) is 3.14. The first-order valence-electron chi connectivity index (χ1n) is 11.8. The van der Waals surface area contributed by atoms with Gasteiger partial charge in [0.15, 0.2) is 0 Å². The first kappa shape index (κ1) is 34.4. The number of ether oxygens (including phenoxy) is 1. The molecule has 0 rings (SSSR count). The summed E-state index contributed by atoms with van der Waals surface area (Å²) < 4.78 is 26.7. The molecular weight excluding hydrogens is 442 g/mol. The maximum atomic E-state index is 12.1. The average molecular weight is 487 g/mol. The molecule has 0 fully saturated rings. The number of phosphoric acid groups is 1. The van der Waals surface area contributed by atoms with E-state index in [4.69, 9.17) is 13.8 Å². The summed E-state index contributed by atoms with van der Waals surface area (Å²) in [5.41, 5.74) is 0.196. The van der Waals surface area contributed by atoms with E-state index in [1.165, 1.54) is 39.0 Å². The number of phosphoric ester groups is 1. The molecule has 0 saturated heterocycles. The molecular formula is C23H44NaO7P.